The molecule has 16 nitrogen and oxygen atoms in total. The normalized spacial score (nSPS) is 14.6. The number of anilines is 4. The Morgan fingerprint density at radius 3 is 1.52 bits per heavy atom. The fourth-order valence-electron chi connectivity index (χ4n) is 8.88. The quantitative estimate of drug-likeness (QED) is 0.0528. The van der Waals surface area contributed by atoms with Gasteiger partial charge in [0.15, 0.2) is 11.6 Å². The van der Waals surface area contributed by atoms with Gasteiger partial charge in [0.25, 0.3) is 0 Å². The molecule has 0 radical (unpaired) electrons. The predicted molar refractivity (Wildman–Crippen MR) is 325 cm³/mol. The number of carbonyl (C=O) groups is 2. The highest BCUT2D eigenvalue weighted by Crippen LogP contribution is 2.38. The number of aryl methyl sites for hydroxylation is 4. The van der Waals surface area contributed by atoms with E-state index in [0.29, 0.717) is 29.9 Å². The number of carbonyl (C=O) groups excluding carboxylic acids is 2. The number of Topliss-reactive ketones (excluding diaryl/α,β-unsaturated/α-hetero) is 2. The Balaban J connectivity index is 0.000000188. The fraction of sp³-hybridized carbons (Fsp3) is 0.433. The summed E-state index contributed by atoms with van der Waals surface area (Å²) >= 11 is 8.75. The summed E-state index contributed by atoms with van der Waals surface area (Å²) in [6.07, 6.45) is 16.7. The van der Waals surface area contributed by atoms with Crippen molar-refractivity contribution >= 4 is 81.7 Å². The molecule has 9 rings (SSSR count). The van der Waals surface area contributed by atoms with Crippen LogP contribution in [0.4, 0.5) is 23.3 Å². The van der Waals surface area contributed by atoms with Crippen molar-refractivity contribution in [2.75, 3.05) is 10.6 Å². The van der Waals surface area contributed by atoms with Gasteiger partial charge in [-0.3, -0.25) is 19.0 Å². The zero-order chi connectivity index (χ0) is 58.3. The van der Waals surface area contributed by atoms with E-state index in [1.54, 1.807) is 52.6 Å². The van der Waals surface area contributed by atoms with Gasteiger partial charge in [0, 0.05) is 80.5 Å². The second-order valence-corrected chi connectivity index (χ2v) is 25.8. The molecule has 1 aliphatic rings. The maximum Gasteiger partial charge on any atom is 0.494 e. The molecule has 1 saturated heterocycles. The first kappa shape index (κ1) is 61.1. The standard InChI is InChI=1S/C27H32N6OS.C25H36BNO3S.C8H8ClN5/c1-7-18(13-23(34)24-15-29-25(35-24)27(3,4)5)21-9-8-19(12-17(21)2)22-10-11-28-26(32-22)31-20-14-30-33(6)16-20;1-10-17(14-20(28)21-15-27-22(31-21)23(3,4)5)19-12-11-18(13-16(19)2)26-29-24(6,7)25(8,9)30-26;1-14-5-6(4-11-14)12-8-10-3-2-7(9)13-8/h8-12,14-16,18H,7,13H2,1-6H3,(H,28,31,32);11-13,15,17H,10,14H2,1-9H3;2-5H,1H3,(H,10,12,13). The number of hydrogen-bond acceptors (Lipinski definition) is 16. The summed E-state index contributed by atoms with van der Waals surface area (Å²) in [7, 11) is 3.33. The molecule has 0 amide bonds. The molecule has 7 heterocycles. The zero-order valence-corrected chi connectivity index (χ0v) is 51.5. The lowest BCUT2D eigenvalue weighted by Gasteiger charge is -2.32. The Hall–Kier alpha value is -6.51. The van der Waals surface area contributed by atoms with E-state index in [-0.39, 0.29) is 52.6 Å². The van der Waals surface area contributed by atoms with Gasteiger partial charge in [0.1, 0.15) is 5.15 Å². The van der Waals surface area contributed by atoms with E-state index in [1.165, 1.54) is 39.4 Å². The predicted octanol–water partition coefficient (Wildman–Crippen LogP) is 13.9. The number of thiazole rings is 2. The van der Waals surface area contributed by atoms with Crippen LogP contribution in [-0.2, 0) is 34.2 Å². The van der Waals surface area contributed by atoms with Gasteiger partial charge in [-0.2, -0.15) is 10.2 Å². The van der Waals surface area contributed by atoms with Crippen LogP contribution in [0.25, 0.3) is 11.3 Å². The number of aromatic nitrogens is 10. The summed E-state index contributed by atoms with van der Waals surface area (Å²) in [5.74, 6) is 1.66. The molecule has 1 fully saturated rings. The van der Waals surface area contributed by atoms with E-state index < -0.39 is 0 Å². The highest BCUT2D eigenvalue weighted by Gasteiger charge is 2.51. The maximum atomic E-state index is 13.1. The maximum absolute atomic E-state index is 13.1. The van der Waals surface area contributed by atoms with E-state index in [4.69, 9.17) is 20.9 Å². The van der Waals surface area contributed by atoms with E-state index in [0.717, 1.165) is 66.3 Å². The summed E-state index contributed by atoms with van der Waals surface area (Å²) in [6, 6.07) is 16.3. The Bertz CT molecular complexity index is 3390. The van der Waals surface area contributed by atoms with Crippen LogP contribution in [-0.4, -0.2) is 79.4 Å². The monoisotopic (exact) mass is 1140 g/mol. The second-order valence-electron chi connectivity index (χ2n) is 23.3. The van der Waals surface area contributed by atoms with Gasteiger partial charge in [-0.05, 0) is 112 Å². The molecule has 2 atom stereocenters. The average molecular weight is 1140 g/mol. The number of nitrogens with zero attached hydrogens (tertiary/aromatic N) is 10. The number of halogens is 1. The molecule has 1 aliphatic heterocycles. The Labute approximate surface area is 485 Å². The van der Waals surface area contributed by atoms with Crippen LogP contribution in [0.1, 0.15) is 172 Å². The number of ketones is 2. The van der Waals surface area contributed by atoms with E-state index in [9.17, 15) is 9.59 Å². The Kier molecular flexibility index (Phi) is 19.5. The third-order valence-corrected chi connectivity index (χ3v) is 17.3. The average Bonchev–Trinajstić information content (AvgIpc) is 4.27. The van der Waals surface area contributed by atoms with Gasteiger partial charge in [-0.15, -0.1) is 22.7 Å². The molecule has 0 spiro atoms. The van der Waals surface area contributed by atoms with Crippen molar-refractivity contribution in [1.82, 2.24) is 49.5 Å². The summed E-state index contributed by atoms with van der Waals surface area (Å²) in [5.41, 5.74) is 8.49. The third-order valence-electron chi connectivity index (χ3n) is 14.2. The minimum atomic E-state index is -0.368. The van der Waals surface area contributed by atoms with Crippen LogP contribution in [0.2, 0.25) is 5.15 Å². The van der Waals surface area contributed by atoms with Crippen LogP contribution in [0.15, 0.2) is 98.1 Å². The lowest BCUT2D eigenvalue weighted by atomic mass is 9.76. The zero-order valence-electron chi connectivity index (χ0n) is 49.1. The molecule has 2 unspecified atom stereocenters. The fourth-order valence-corrected chi connectivity index (χ4v) is 10.9. The SMILES string of the molecule is CCC(CC(=O)c1cnc(C(C)(C)C)s1)c1ccc(-c2ccnc(Nc3cnn(C)c3)n2)cc1C.CCC(CC(=O)c1cnc(C(C)(C)C)s1)c1ccc(B2OC(C)(C)C(C)(C)O2)cc1C.Cn1cc(Nc2nccc(Cl)n2)cn1. The molecule has 6 aromatic heterocycles. The van der Waals surface area contributed by atoms with Crippen molar-refractivity contribution in [3.05, 3.63) is 145 Å². The van der Waals surface area contributed by atoms with E-state index >= 15 is 0 Å². The lowest BCUT2D eigenvalue weighted by Crippen LogP contribution is -2.41. The minimum Gasteiger partial charge on any atom is -0.399 e. The largest absolute Gasteiger partial charge is 0.494 e. The molecule has 2 aromatic carbocycles. The molecule has 80 heavy (non-hydrogen) atoms. The second kappa shape index (κ2) is 25.5. The van der Waals surface area contributed by atoms with Crippen LogP contribution in [0.5, 0.6) is 0 Å². The van der Waals surface area contributed by atoms with Gasteiger partial charge >= 0.3 is 7.12 Å². The first-order valence-corrected chi connectivity index (χ1v) is 29.0. The van der Waals surface area contributed by atoms with Crippen LogP contribution < -0.4 is 16.1 Å². The molecule has 8 aromatic rings. The molecule has 20 heteroatoms. The molecule has 0 aliphatic carbocycles. The summed E-state index contributed by atoms with van der Waals surface area (Å²) in [5, 5.41) is 16.7. The van der Waals surface area contributed by atoms with Crippen LogP contribution >= 0.6 is 34.3 Å². The van der Waals surface area contributed by atoms with Crippen LogP contribution in [0.3, 0.4) is 0 Å². The number of benzene rings is 2. The first-order chi connectivity index (χ1) is 37.6. The smallest absolute Gasteiger partial charge is 0.399 e. The van der Waals surface area contributed by atoms with Gasteiger partial charge in [-0.25, -0.2) is 29.9 Å². The molecular formula is C60H76BClN12O4S2. The molecule has 422 valence electrons. The van der Waals surface area contributed by atoms with Crippen molar-refractivity contribution in [3.8, 4) is 11.3 Å². The van der Waals surface area contributed by atoms with Crippen molar-refractivity contribution in [1.29, 1.82) is 0 Å². The topological polar surface area (TPSA) is 190 Å². The summed E-state index contributed by atoms with van der Waals surface area (Å²) < 4.78 is 15.8. The number of rotatable bonds is 16. The molecule has 0 saturated carbocycles. The highest BCUT2D eigenvalue weighted by atomic mass is 35.5. The van der Waals surface area contributed by atoms with Crippen molar-refractivity contribution in [3.63, 3.8) is 0 Å². The Morgan fingerprint density at radius 1 is 0.650 bits per heavy atom. The van der Waals surface area contributed by atoms with Gasteiger partial charge in [-0.1, -0.05) is 97.3 Å². The number of hydrogen-bond donors (Lipinski definition) is 2. The Morgan fingerprint density at radius 2 is 1.11 bits per heavy atom. The molecule has 0 bridgehead atoms. The van der Waals surface area contributed by atoms with Crippen molar-refractivity contribution in [2.45, 2.75) is 156 Å². The summed E-state index contributed by atoms with van der Waals surface area (Å²) in [4.78, 5) is 53.5. The highest BCUT2D eigenvalue weighted by molar-refractivity contribution is 7.14. The first-order valence-electron chi connectivity index (χ1n) is 27.0. The van der Waals surface area contributed by atoms with Crippen molar-refractivity contribution < 1.29 is 18.9 Å². The molecule has 2 N–H and O–H groups in total. The van der Waals surface area contributed by atoms with Gasteiger partial charge in [0.2, 0.25) is 11.9 Å². The van der Waals surface area contributed by atoms with Gasteiger partial charge in [0.05, 0.1) is 60.4 Å². The third kappa shape index (κ3) is 15.7. The minimum absolute atomic E-state index is 0.0344. The van der Waals surface area contributed by atoms with Crippen LogP contribution in [0, 0.1) is 13.8 Å². The van der Waals surface area contributed by atoms with E-state index in [2.05, 4.69) is 184 Å². The van der Waals surface area contributed by atoms with Crippen molar-refractivity contribution in [2.24, 2.45) is 14.1 Å². The lowest BCUT2D eigenvalue weighted by molar-refractivity contribution is 0.00578. The molecular weight excluding hydrogens is 1060 g/mol. The van der Waals surface area contributed by atoms with E-state index in [1.807, 2.05) is 32.6 Å². The number of nitrogens with one attached hydrogen (secondary N) is 2. The summed E-state index contributed by atoms with van der Waals surface area (Å²) in [6.45, 7) is 29.5. The van der Waals surface area contributed by atoms with Gasteiger partial charge < -0.3 is 19.9 Å².